The third-order valence-corrected chi connectivity index (χ3v) is 4.72. The van der Waals surface area contributed by atoms with Crippen LogP contribution >= 0.6 is 15.9 Å². The number of aryl methyl sites for hydroxylation is 1. The standard InChI is InChI=1S/C18H21BrN4O/c1-12-6-8-23(9-7-12)18-20-13(2)10-16(22-18)17(24)21-15-5-3-4-14(19)11-15/h3-5,10-12H,6-9H2,1-2H3,(H,21,24). The van der Waals surface area contributed by atoms with Crippen LogP contribution in [0.4, 0.5) is 11.6 Å². The molecule has 0 unspecified atom stereocenters. The van der Waals surface area contributed by atoms with E-state index < -0.39 is 0 Å². The third kappa shape index (κ3) is 4.12. The molecule has 1 N–H and O–H groups in total. The topological polar surface area (TPSA) is 58.1 Å². The summed E-state index contributed by atoms with van der Waals surface area (Å²) < 4.78 is 0.919. The number of carbonyl (C=O) groups is 1. The first-order valence-corrected chi connectivity index (χ1v) is 8.98. The minimum Gasteiger partial charge on any atom is -0.341 e. The van der Waals surface area contributed by atoms with E-state index in [1.54, 1.807) is 6.07 Å². The lowest BCUT2D eigenvalue weighted by Gasteiger charge is -2.30. The van der Waals surface area contributed by atoms with E-state index in [0.717, 1.165) is 47.7 Å². The molecule has 1 aromatic heterocycles. The fourth-order valence-corrected chi connectivity index (χ4v) is 3.18. The van der Waals surface area contributed by atoms with Gasteiger partial charge in [0.1, 0.15) is 5.69 Å². The summed E-state index contributed by atoms with van der Waals surface area (Å²) in [5.74, 6) is 1.18. The number of benzene rings is 1. The highest BCUT2D eigenvalue weighted by atomic mass is 79.9. The van der Waals surface area contributed by atoms with Gasteiger partial charge in [0.15, 0.2) is 0 Å². The molecule has 6 heteroatoms. The van der Waals surface area contributed by atoms with E-state index in [-0.39, 0.29) is 5.91 Å². The fourth-order valence-electron chi connectivity index (χ4n) is 2.78. The summed E-state index contributed by atoms with van der Waals surface area (Å²) in [6, 6.07) is 9.23. The summed E-state index contributed by atoms with van der Waals surface area (Å²) >= 11 is 3.40. The number of aromatic nitrogens is 2. The van der Waals surface area contributed by atoms with Crippen LogP contribution in [0.15, 0.2) is 34.8 Å². The molecule has 1 amide bonds. The summed E-state index contributed by atoms with van der Waals surface area (Å²) in [4.78, 5) is 23.7. The normalized spacial score (nSPS) is 15.4. The van der Waals surface area contributed by atoms with Crippen molar-refractivity contribution in [3.8, 4) is 0 Å². The molecule has 3 rings (SSSR count). The zero-order valence-electron chi connectivity index (χ0n) is 13.9. The van der Waals surface area contributed by atoms with Crippen molar-refractivity contribution in [2.24, 2.45) is 5.92 Å². The number of amides is 1. The Morgan fingerprint density at radius 1 is 1.25 bits per heavy atom. The van der Waals surface area contributed by atoms with Gasteiger partial charge in [-0.15, -0.1) is 0 Å². The maximum atomic E-state index is 12.5. The van der Waals surface area contributed by atoms with Crippen molar-refractivity contribution < 1.29 is 4.79 Å². The Morgan fingerprint density at radius 2 is 2.00 bits per heavy atom. The highest BCUT2D eigenvalue weighted by Gasteiger charge is 2.20. The van der Waals surface area contributed by atoms with Gasteiger partial charge >= 0.3 is 0 Å². The second kappa shape index (κ2) is 7.30. The molecule has 1 aliphatic rings. The van der Waals surface area contributed by atoms with Crippen LogP contribution in [0.25, 0.3) is 0 Å². The molecule has 5 nitrogen and oxygen atoms in total. The van der Waals surface area contributed by atoms with E-state index in [0.29, 0.717) is 11.6 Å². The molecule has 0 atom stereocenters. The average Bonchev–Trinajstić information content (AvgIpc) is 2.55. The Morgan fingerprint density at radius 3 is 2.71 bits per heavy atom. The van der Waals surface area contributed by atoms with E-state index in [4.69, 9.17) is 0 Å². The van der Waals surface area contributed by atoms with Gasteiger partial charge in [-0.05, 0) is 49.9 Å². The molecule has 0 saturated carbocycles. The zero-order valence-corrected chi connectivity index (χ0v) is 15.5. The highest BCUT2D eigenvalue weighted by Crippen LogP contribution is 2.21. The number of piperidine rings is 1. The Kier molecular flexibility index (Phi) is 5.14. The number of anilines is 2. The van der Waals surface area contributed by atoms with Crippen LogP contribution in [0.5, 0.6) is 0 Å². The van der Waals surface area contributed by atoms with Crippen molar-refractivity contribution in [2.75, 3.05) is 23.3 Å². The van der Waals surface area contributed by atoms with Gasteiger partial charge in [0.2, 0.25) is 5.95 Å². The van der Waals surface area contributed by atoms with Gasteiger partial charge in [0.25, 0.3) is 5.91 Å². The van der Waals surface area contributed by atoms with Gasteiger partial charge in [-0.1, -0.05) is 28.9 Å². The molecule has 1 saturated heterocycles. The molecule has 2 aromatic rings. The van der Waals surface area contributed by atoms with Gasteiger partial charge in [-0.25, -0.2) is 9.97 Å². The second-order valence-electron chi connectivity index (χ2n) is 6.33. The summed E-state index contributed by atoms with van der Waals surface area (Å²) in [7, 11) is 0. The number of carbonyl (C=O) groups excluding carboxylic acids is 1. The lowest BCUT2D eigenvalue weighted by Crippen LogP contribution is -2.34. The molecule has 1 aromatic carbocycles. The van der Waals surface area contributed by atoms with Crippen molar-refractivity contribution in [3.63, 3.8) is 0 Å². The largest absolute Gasteiger partial charge is 0.341 e. The van der Waals surface area contributed by atoms with E-state index in [9.17, 15) is 4.79 Å². The van der Waals surface area contributed by atoms with Crippen molar-refractivity contribution >= 4 is 33.5 Å². The maximum Gasteiger partial charge on any atom is 0.274 e. The van der Waals surface area contributed by atoms with E-state index in [1.165, 1.54) is 0 Å². The molecule has 24 heavy (non-hydrogen) atoms. The predicted octanol–water partition coefficient (Wildman–Crippen LogP) is 4.04. The van der Waals surface area contributed by atoms with E-state index in [2.05, 4.69) is 43.0 Å². The molecule has 0 bridgehead atoms. The van der Waals surface area contributed by atoms with Crippen LogP contribution in [-0.4, -0.2) is 29.0 Å². The number of hydrogen-bond acceptors (Lipinski definition) is 4. The molecular weight excluding hydrogens is 368 g/mol. The lowest BCUT2D eigenvalue weighted by atomic mass is 10.00. The molecule has 2 heterocycles. The van der Waals surface area contributed by atoms with Gasteiger partial charge in [-0.3, -0.25) is 4.79 Å². The number of nitrogens with zero attached hydrogens (tertiary/aromatic N) is 3. The second-order valence-corrected chi connectivity index (χ2v) is 7.24. The van der Waals surface area contributed by atoms with Crippen LogP contribution in [0.3, 0.4) is 0 Å². The molecule has 1 fully saturated rings. The smallest absolute Gasteiger partial charge is 0.274 e. The summed E-state index contributed by atoms with van der Waals surface area (Å²) in [6.45, 7) is 6.05. The molecule has 126 valence electrons. The molecule has 0 radical (unpaired) electrons. The first kappa shape index (κ1) is 16.9. The van der Waals surface area contributed by atoms with Gasteiger partial charge < -0.3 is 10.2 Å². The van der Waals surface area contributed by atoms with Crippen LogP contribution < -0.4 is 10.2 Å². The number of hydrogen-bond donors (Lipinski definition) is 1. The number of halogens is 1. The predicted molar refractivity (Wildman–Crippen MR) is 99.5 cm³/mol. The van der Waals surface area contributed by atoms with Crippen molar-refractivity contribution in [1.82, 2.24) is 9.97 Å². The lowest BCUT2D eigenvalue weighted by molar-refractivity contribution is 0.102. The van der Waals surface area contributed by atoms with Crippen LogP contribution in [0.1, 0.15) is 35.9 Å². The number of nitrogens with one attached hydrogen (secondary N) is 1. The van der Waals surface area contributed by atoms with Crippen molar-refractivity contribution in [2.45, 2.75) is 26.7 Å². The van der Waals surface area contributed by atoms with Gasteiger partial charge in [-0.2, -0.15) is 0 Å². The van der Waals surface area contributed by atoms with E-state index in [1.807, 2.05) is 31.2 Å². The first-order valence-electron chi connectivity index (χ1n) is 8.19. The van der Waals surface area contributed by atoms with Gasteiger partial charge in [0.05, 0.1) is 0 Å². The van der Waals surface area contributed by atoms with Crippen LogP contribution in [0.2, 0.25) is 0 Å². The SMILES string of the molecule is Cc1cc(C(=O)Nc2cccc(Br)c2)nc(N2CCC(C)CC2)n1. The highest BCUT2D eigenvalue weighted by molar-refractivity contribution is 9.10. The fraction of sp³-hybridized carbons (Fsp3) is 0.389. The van der Waals surface area contributed by atoms with Crippen LogP contribution in [0, 0.1) is 12.8 Å². The summed E-state index contributed by atoms with van der Waals surface area (Å²) in [5, 5.41) is 2.89. The maximum absolute atomic E-state index is 12.5. The first-order chi connectivity index (χ1) is 11.5. The van der Waals surface area contributed by atoms with Crippen molar-refractivity contribution in [1.29, 1.82) is 0 Å². The zero-order chi connectivity index (χ0) is 17.1. The quantitative estimate of drug-likeness (QED) is 0.861. The van der Waals surface area contributed by atoms with Crippen molar-refractivity contribution in [3.05, 3.63) is 46.2 Å². The minimum atomic E-state index is -0.217. The third-order valence-electron chi connectivity index (χ3n) is 4.22. The monoisotopic (exact) mass is 388 g/mol. The molecule has 0 spiro atoms. The van der Waals surface area contributed by atoms with E-state index >= 15 is 0 Å². The Balaban J connectivity index is 1.79. The Hall–Kier alpha value is -1.95. The molecular formula is C18H21BrN4O. The summed E-state index contributed by atoms with van der Waals surface area (Å²) in [6.07, 6.45) is 2.27. The summed E-state index contributed by atoms with van der Waals surface area (Å²) in [5.41, 5.74) is 1.94. The number of rotatable bonds is 3. The van der Waals surface area contributed by atoms with Crippen LogP contribution in [-0.2, 0) is 0 Å². The Labute approximate surface area is 150 Å². The Bertz CT molecular complexity index is 742. The van der Waals surface area contributed by atoms with Gasteiger partial charge in [0, 0.05) is 28.9 Å². The molecule has 1 aliphatic heterocycles. The molecule has 0 aliphatic carbocycles. The minimum absolute atomic E-state index is 0.217. The average molecular weight is 389 g/mol.